The molecule has 0 aromatic carbocycles. The van der Waals surface area contributed by atoms with Crippen molar-refractivity contribution in [3.8, 4) is 0 Å². The van der Waals surface area contributed by atoms with Crippen molar-refractivity contribution in [2.75, 3.05) is 6.54 Å². The van der Waals surface area contributed by atoms with Crippen LogP contribution in [0.15, 0.2) is 12.4 Å². The van der Waals surface area contributed by atoms with Crippen LogP contribution in [0.4, 0.5) is 0 Å². The minimum atomic E-state index is -0.619. The molecule has 2 fully saturated rings. The topological polar surface area (TPSA) is 67.2 Å². The number of carbonyl (C=O) groups is 1. The van der Waals surface area contributed by atoms with Crippen LogP contribution in [0.25, 0.3) is 0 Å². The van der Waals surface area contributed by atoms with E-state index in [-0.39, 0.29) is 12.0 Å². The van der Waals surface area contributed by atoms with Crippen LogP contribution in [0.2, 0.25) is 0 Å². The molecule has 1 aromatic heterocycles. The van der Waals surface area contributed by atoms with Crippen LogP contribution >= 0.6 is 0 Å². The largest absolute Gasteiger partial charge is 0.481 e. The van der Waals surface area contributed by atoms with Gasteiger partial charge in [0.05, 0.1) is 12.1 Å². The zero-order valence-corrected chi connectivity index (χ0v) is 11.2. The molecule has 3 rings (SSSR count). The maximum Gasteiger partial charge on any atom is 0.308 e. The van der Waals surface area contributed by atoms with Crippen LogP contribution in [0, 0.1) is 17.8 Å². The van der Waals surface area contributed by atoms with E-state index < -0.39 is 5.97 Å². The summed E-state index contributed by atoms with van der Waals surface area (Å²) < 4.78 is 1.80. The average molecular weight is 263 g/mol. The Morgan fingerprint density at radius 2 is 2.32 bits per heavy atom. The van der Waals surface area contributed by atoms with Crippen LogP contribution in [-0.2, 0) is 18.3 Å². The van der Waals surface area contributed by atoms with Gasteiger partial charge in [-0.2, -0.15) is 5.10 Å². The molecule has 0 amide bonds. The highest BCUT2D eigenvalue weighted by molar-refractivity contribution is 5.72. The van der Waals surface area contributed by atoms with Crippen molar-refractivity contribution >= 4 is 5.97 Å². The molecule has 2 aliphatic rings. The minimum Gasteiger partial charge on any atom is -0.481 e. The van der Waals surface area contributed by atoms with E-state index in [1.807, 2.05) is 19.4 Å². The molecular formula is C14H21N3O2. The molecule has 0 radical (unpaired) electrons. The van der Waals surface area contributed by atoms with Crippen LogP contribution in [0.5, 0.6) is 0 Å². The summed E-state index contributed by atoms with van der Waals surface area (Å²) in [5, 5.41) is 17.0. The molecule has 0 aliphatic heterocycles. The molecule has 4 atom stereocenters. The quantitative estimate of drug-likeness (QED) is 0.833. The van der Waals surface area contributed by atoms with Gasteiger partial charge in [-0.25, -0.2) is 0 Å². The summed E-state index contributed by atoms with van der Waals surface area (Å²) in [5.41, 5.74) is 1.20. The molecular weight excluding hydrogens is 242 g/mol. The lowest BCUT2D eigenvalue weighted by molar-refractivity contribution is -0.144. The SMILES string of the molecule is Cn1cc(CCNC2C3CCC(C3)C2C(=O)O)cn1. The van der Waals surface area contributed by atoms with Gasteiger partial charge in [-0.3, -0.25) is 9.48 Å². The van der Waals surface area contributed by atoms with Gasteiger partial charge in [0.1, 0.15) is 0 Å². The van der Waals surface area contributed by atoms with E-state index in [2.05, 4.69) is 10.4 Å². The van der Waals surface area contributed by atoms with E-state index in [4.69, 9.17) is 0 Å². The second-order valence-electron chi connectivity index (χ2n) is 5.95. The van der Waals surface area contributed by atoms with E-state index >= 15 is 0 Å². The standard InChI is InChI=1S/C14H21N3O2/c1-17-8-9(7-16-17)4-5-15-13-11-3-2-10(6-11)12(13)14(18)19/h7-8,10-13,15H,2-6H2,1H3,(H,18,19). The predicted molar refractivity (Wildman–Crippen MR) is 70.7 cm³/mol. The fraction of sp³-hybridized carbons (Fsp3) is 0.714. The van der Waals surface area contributed by atoms with Gasteiger partial charge < -0.3 is 10.4 Å². The minimum absolute atomic E-state index is 0.173. The number of aliphatic carboxylic acids is 1. The van der Waals surface area contributed by atoms with Gasteiger partial charge in [0.15, 0.2) is 0 Å². The van der Waals surface area contributed by atoms with Crippen LogP contribution in [0.3, 0.4) is 0 Å². The number of fused-ring (bicyclic) bond motifs is 2. The summed E-state index contributed by atoms with van der Waals surface area (Å²) in [6, 6.07) is 0.174. The van der Waals surface area contributed by atoms with Crippen LogP contribution < -0.4 is 5.32 Å². The Bertz CT molecular complexity index is 471. The molecule has 0 saturated heterocycles. The van der Waals surface area contributed by atoms with E-state index in [1.165, 1.54) is 12.0 Å². The molecule has 1 aromatic rings. The Morgan fingerprint density at radius 1 is 1.53 bits per heavy atom. The number of hydrogen-bond donors (Lipinski definition) is 2. The highest BCUT2D eigenvalue weighted by atomic mass is 16.4. The number of rotatable bonds is 5. The summed E-state index contributed by atoms with van der Waals surface area (Å²) >= 11 is 0. The van der Waals surface area contributed by atoms with Gasteiger partial charge in [-0.05, 0) is 49.6 Å². The van der Waals surface area contributed by atoms with Gasteiger partial charge in [0.25, 0.3) is 0 Å². The molecule has 19 heavy (non-hydrogen) atoms. The van der Waals surface area contributed by atoms with Crippen molar-refractivity contribution in [3.05, 3.63) is 18.0 Å². The number of carboxylic acid groups (broad SMARTS) is 1. The Morgan fingerprint density at radius 3 is 3.00 bits per heavy atom. The molecule has 5 heteroatoms. The summed E-state index contributed by atoms with van der Waals surface area (Å²) in [6.07, 6.45) is 8.19. The Balaban J connectivity index is 1.55. The van der Waals surface area contributed by atoms with Crippen LogP contribution in [0.1, 0.15) is 24.8 Å². The second-order valence-corrected chi connectivity index (χ2v) is 5.95. The number of hydrogen-bond acceptors (Lipinski definition) is 3. The number of nitrogens with one attached hydrogen (secondary N) is 1. The number of aromatic nitrogens is 2. The summed E-state index contributed by atoms with van der Waals surface area (Å²) in [4.78, 5) is 11.4. The highest BCUT2D eigenvalue weighted by Gasteiger charge is 2.50. The second kappa shape index (κ2) is 4.96. The summed E-state index contributed by atoms with van der Waals surface area (Å²) in [7, 11) is 1.91. The fourth-order valence-corrected chi connectivity index (χ4v) is 3.92. The van der Waals surface area contributed by atoms with E-state index in [0.717, 1.165) is 25.8 Å². The van der Waals surface area contributed by atoms with Gasteiger partial charge in [-0.15, -0.1) is 0 Å². The lowest BCUT2D eigenvalue weighted by Gasteiger charge is -2.29. The number of aryl methyl sites for hydroxylation is 1. The summed E-state index contributed by atoms with van der Waals surface area (Å²) in [6.45, 7) is 0.837. The molecule has 2 bridgehead atoms. The van der Waals surface area contributed by atoms with Gasteiger partial charge in [-0.1, -0.05) is 0 Å². The number of carboxylic acids is 1. The van der Waals surface area contributed by atoms with Gasteiger partial charge >= 0.3 is 5.97 Å². The third-order valence-electron chi connectivity index (χ3n) is 4.75. The zero-order valence-electron chi connectivity index (χ0n) is 11.2. The molecule has 5 nitrogen and oxygen atoms in total. The molecule has 0 spiro atoms. The van der Waals surface area contributed by atoms with E-state index in [0.29, 0.717) is 11.8 Å². The van der Waals surface area contributed by atoms with Crippen molar-refractivity contribution in [3.63, 3.8) is 0 Å². The van der Waals surface area contributed by atoms with Crippen LogP contribution in [-0.4, -0.2) is 33.4 Å². The van der Waals surface area contributed by atoms with Gasteiger partial charge in [0, 0.05) is 19.3 Å². The smallest absolute Gasteiger partial charge is 0.308 e. The maximum atomic E-state index is 11.4. The molecule has 104 valence electrons. The first-order chi connectivity index (χ1) is 9.15. The lowest BCUT2D eigenvalue weighted by Crippen LogP contribution is -2.44. The predicted octanol–water partition coefficient (Wildman–Crippen LogP) is 1.05. The van der Waals surface area contributed by atoms with Gasteiger partial charge in [0.2, 0.25) is 0 Å². The lowest BCUT2D eigenvalue weighted by atomic mass is 9.84. The summed E-state index contributed by atoms with van der Waals surface area (Å²) in [5.74, 6) is 0.178. The Labute approximate surface area is 113 Å². The Kier molecular flexibility index (Phi) is 3.31. The molecule has 4 unspecified atom stereocenters. The van der Waals surface area contributed by atoms with Crippen molar-refractivity contribution in [2.24, 2.45) is 24.8 Å². The third kappa shape index (κ3) is 2.39. The van der Waals surface area contributed by atoms with Crippen molar-refractivity contribution in [2.45, 2.75) is 31.7 Å². The highest BCUT2D eigenvalue weighted by Crippen LogP contribution is 2.48. The van der Waals surface area contributed by atoms with Crippen molar-refractivity contribution in [1.29, 1.82) is 0 Å². The fourth-order valence-electron chi connectivity index (χ4n) is 3.92. The number of nitrogens with zero attached hydrogens (tertiary/aromatic N) is 2. The first kappa shape index (κ1) is 12.7. The Hall–Kier alpha value is -1.36. The third-order valence-corrected chi connectivity index (χ3v) is 4.75. The monoisotopic (exact) mass is 263 g/mol. The molecule has 1 heterocycles. The normalized spacial score (nSPS) is 32.9. The first-order valence-corrected chi connectivity index (χ1v) is 7.09. The van der Waals surface area contributed by atoms with Crippen molar-refractivity contribution < 1.29 is 9.90 Å². The molecule has 2 N–H and O–H groups in total. The zero-order chi connectivity index (χ0) is 13.4. The van der Waals surface area contributed by atoms with E-state index in [1.54, 1.807) is 4.68 Å². The first-order valence-electron chi connectivity index (χ1n) is 7.09. The van der Waals surface area contributed by atoms with Crippen molar-refractivity contribution in [1.82, 2.24) is 15.1 Å². The molecule has 2 saturated carbocycles. The maximum absolute atomic E-state index is 11.4. The molecule has 2 aliphatic carbocycles. The van der Waals surface area contributed by atoms with E-state index in [9.17, 15) is 9.90 Å². The average Bonchev–Trinajstić information content (AvgIpc) is 3.04.